The zero-order valence-electron chi connectivity index (χ0n) is 12.2. The lowest BCUT2D eigenvalue weighted by molar-refractivity contribution is 0.214. The second-order valence-electron chi connectivity index (χ2n) is 6.54. The molecule has 106 valence electrons. The minimum Gasteiger partial charge on any atom is -0.384 e. The summed E-state index contributed by atoms with van der Waals surface area (Å²) in [6.07, 6.45) is 3.82. The van der Waals surface area contributed by atoms with E-state index in [1.54, 1.807) is 11.1 Å². The monoisotopic (exact) mass is 276 g/mol. The first-order valence-electron chi connectivity index (χ1n) is 8.11. The van der Waals surface area contributed by atoms with E-state index in [0.717, 1.165) is 13.1 Å². The predicted molar refractivity (Wildman–Crippen MR) is 85.3 cm³/mol. The summed E-state index contributed by atoms with van der Waals surface area (Å²) in [5, 5.41) is 3.59. The number of benzene rings is 2. The second-order valence-corrected chi connectivity index (χ2v) is 6.54. The van der Waals surface area contributed by atoms with Crippen molar-refractivity contribution < 1.29 is 0 Å². The number of rotatable bonds is 2. The van der Waals surface area contributed by atoms with Gasteiger partial charge in [0.25, 0.3) is 0 Å². The topological polar surface area (TPSA) is 15.3 Å². The lowest BCUT2D eigenvalue weighted by Crippen LogP contribution is -2.19. The zero-order chi connectivity index (χ0) is 13.8. The van der Waals surface area contributed by atoms with Gasteiger partial charge in [-0.25, -0.2) is 0 Å². The zero-order valence-corrected chi connectivity index (χ0v) is 12.2. The molecular formula is C19H20N2. The van der Waals surface area contributed by atoms with E-state index < -0.39 is 0 Å². The van der Waals surface area contributed by atoms with Gasteiger partial charge in [-0.3, -0.25) is 4.90 Å². The van der Waals surface area contributed by atoms with Gasteiger partial charge in [0.1, 0.15) is 0 Å². The summed E-state index contributed by atoms with van der Waals surface area (Å²) in [5.74, 6) is 0. The van der Waals surface area contributed by atoms with Gasteiger partial charge in [-0.15, -0.1) is 0 Å². The average Bonchev–Trinajstić information content (AvgIpc) is 3.21. The molecule has 2 bridgehead atoms. The molecular weight excluding hydrogens is 256 g/mol. The number of hydrogen-bond acceptors (Lipinski definition) is 2. The Morgan fingerprint density at radius 1 is 0.952 bits per heavy atom. The van der Waals surface area contributed by atoms with Crippen LogP contribution < -0.4 is 5.32 Å². The molecule has 21 heavy (non-hydrogen) atoms. The van der Waals surface area contributed by atoms with Crippen molar-refractivity contribution >= 4 is 5.69 Å². The highest BCUT2D eigenvalue weighted by atomic mass is 15.2. The fraction of sp³-hybridized carbons (Fsp3) is 0.368. The molecule has 2 aromatic carbocycles. The smallest absolute Gasteiger partial charge is 0.0419 e. The molecule has 0 amide bonds. The summed E-state index contributed by atoms with van der Waals surface area (Å²) in [4.78, 5) is 2.72. The Hall–Kier alpha value is -1.80. The van der Waals surface area contributed by atoms with E-state index in [0.29, 0.717) is 12.1 Å². The molecule has 1 N–H and O–H groups in total. The first-order chi connectivity index (χ1) is 10.4. The molecule has 3 aliphatic rings. The van der Waals surface area contributed by atoms with Crippen molar-refractivity contribution in [2.24, 2.45) is 0 Å². The fourth-order valence-electron chi connectivity index (χ4n) is 4.61. The molecule has 2 heteroatoms. The molecule has 3 heterocycles. The third kappa shape index (κ3) is 1.63. The van der Waals surface area contributed by atoms with Crippen LogP contribution in [0.5, 0.6) is 0 Å². The lowest BCUT2D eigenvalue weighted by Gasteiger charge is -2.23. The van der Waals surface area contributed by atoms with Crippen molar-refractivity contribution in [2.75, 3.05) is 11.9 Å². The molecule has 1 saturated heterocycles. The number of nitrogens with zero attached hydrogens (tertiary/aromatic N) is 1. The van der Waals surface area contributed by atoms with E-state index in [1.807, 2.05) is 0 Å². The van der Waals surface area contributed by atoms with Crippen molar-refractivity contribution in [1.29, 1.82) is 0 Å². The van der Waals surface area contributed by atoms with Crippen molar-refractivity contribution in [3.8, 4) is 0 Å². The Morgan fingerprint density at radius 2 is 1.71 bits per heavy atom. The highest BCUT2D eigenvalue weighted by Crippen LogP contribution is 2.53. The van der Waals surface area contributed by atoms with Crippen LogP contribution in [0.25, 0.3) is 0 Å². The third-order valence-electron chi connectivity index (χ3n) is 5.51. The predicted octanol–water partition coefficient (Wildman–Crippen LogP) is 4.05. The molecule has 5 rings (SSSR count). The van der Waals surface area contributed by atoms with Crippen LogP contribution in [-0.4, -0.2) is 11.4 Å². The van der Waals surface area contributed by atoms with Crippen LogP contribution in [0.1, 0.15) is 47.2 Å². The first kappa shape index (κ1) is 11.8. The summed E-state index contributed by atoms with van der Waals surface area (Å²) >= 11 is 0. The van der Waals surface area contributed by atoms with Crippen molar-refractivity contribution in [3.63, 3.8) is 0 Å². The van der Waals surface area contributed by atoms with Gasteiger partial charge < -0.3 is 5.32 Å². The van der Waals surface area contributed by atoms with Gasteiger partial charge in [-0.1, -0.05) is 42.5 Å². The lowest BCUT2D eigenvalue weighted by atomic mass is 9.92. The highest BCUT2D eigenvalue weighted by molar-refractivity contribution is 5.61. The Balaban J connectivity index is 1.50. The Kier molecular flexibility index (Phi) is 2.45. The van der Waals surface area contributed by atoms with E-state index in [-0.39, 0.29) is 0 Å². The van der Waals surface area contributed by atoms with Crippen LogP contribution in [0.4, 0.5) is 5.69 Å². The van der Waals surface area contributed by atoms with Crippen LogP contribution >= 0.6 is 0 Å². The largest absolute Gasteiger partial charge is 0.384 e. The van der Waals surface area contributed by atoms with Gasteiger partial charge >= 0.3 is 0 Å². The van der Waals surface area contributed by atoms with E-state index in [4.69, 9.17) is 0 Å². The van der Waals surface area contributed by atoms with Crippen molar-refractivity contribution in [2.45, 2.75) is 37.9 Å². The molecule has 2 aromatic rings. The van der Waals surface area contributed by atoms with Gasteiger partial charge in [0.15, 0.2) is 0 Å². The van der Waals surface area contributed by atoms with E-state index in [9.17, 15) is 0 Å². The minimum atomic E-state index is 0.642. The Labute approximate surface area is 125 Å². The maximum atomic E-state index is 3.59. The van der Waals surface area contributed by atoms with Crippen LogP contribution in [0.15, 0.2) is 42.5 Å². The quantitative estimate of drug-likeness (QED) is 0.890. The maximum Gasteiger partial charge on any atom is 0.0419 e. The molecule has 0 radical (unpaired) electrons. The SMILES string of the molecule is c1cc2c(c(CN3C4CCC3c3ccccc34)c1)NCC2. The number of fused-ring (bicyclic) bond motifs is 6. The molecule has 1 fully saturated rings. The molecule has 2 atom stereocenters. The van der Waals surface area contributed by atoms with Crippen molar-refractivity contribution in [1.82, 2.24) is 4.90 Å². The third-order valence-corrected chi connectivity index (χ3v) is 5.51. The molecule has 2 unspecified atom stereocenters. The van der Waals surface area contributed by atoms with Gasteiger partial charge in [0.2, 0.25) is 0 Å². The number of para-hydroxylation sites is 1. The second kappa shape index (κ2) is 4.35. The molecule has 0 spiro atoms. The number of anilines is 1. The minimum absolute atomic E-state index is 0.642. The van der Waals surface area contributed by atoms with Crippen LogP contribution in [0.2, 0.25) is 0 Å². The van der Waals surface area contributed by atoms with E-state index >= 15 is 0 Å². The normalized spacial score (nSPS) is 25.7. The molecule has 0 aromatic heterocycles. The molecule has 0 saturated carbocycles. The van der Waals surface area contributed by atoms with Crippen LogP contribution in [0.3, 0.4) is 0 Å². The molecule has 0 aliphatic carbocycles. The van der Waals surface area contributed by atoms with Crippen LogP contribution in [0, 0.1) is 0 Å². The standard InChI is InChI=1S/C19H20N2/c1-2-7-16-15(6-1)17-8-9-18(16)21(17)12-14-5-3-4-13-10-11-20-19(13)14/h1-7,17-18,20H,8-12H2. The van der Waals surface area contributed by atoms with Gasteiger partial charge in [-0.2, -0.15) is 0 Å². The average molecular weight is 276 g/mol. The molecule has 2 nitrogen and oxygen atoms in total. The summed E-state index contributed by atoms with van der Waals surface area (Å²) in [6, 6.07) is 17.1. The molecule has 3 aliphatic heterocycles. The van der Waals surface area contributed by atoms with E-state index in [2.05, 4.69) is 52.7 Å². The summed E-state index contributed by atoms with van der Waals surface area (Å²) < 4.78 is 0. The van der Waals surface area contributed by atoms with Gasteiger partial charge in [0.05, 0.1) is 0 Å². The number of hydrogen-bond donors (Lipinski definition) is 1. The van der Waals surface area contributed by atoms with Crippen LogP contribution in [-0.2, 0) is 13.0 Å². The fourth-order valence-corrected chi connectivity index (χ4v) is 4.61. The van der Waals surface area contributed by atoms with Gasteiger partial charge in [-0.05, 0) is 41.5 Å². The van der Waals surface area contributed by atoms with Gasteiger partial charge in [0, 0.05) is 30.9 Å². The Morgan fingerprint density at radius 3 is 2.48 bits per heavy atom. The maximum absolute atomic E-state index is 3.59. The highest BCUT2D eigenvalue weighted by Gasteiger charge is 2.43. The summed E-state index contributed by atoms with van der Waals surface area (Å²) in [6.45, 7) is 2.18. The number of nitrogens with one attached hydrogen (secondary N) is 1. The summed E-state index contributed by atoms with van der Waals surface area (Å²) in [5.41, 5.74) is 7.54. The van der Waals surface area contributed by atoms with Crippen molar-refractivity contribution in [3.05, 3.63) is 64.7 Å². The Bertz CT molecular complexity index is 675. The summed E-state index contributed by atoms with van der Waals surface area (Å²) in [7, 11) is 0. The van der Waals surface area contributed by atoms with E-state index in [1.165, 1.54) is 36.1 Å². The first-order valence-corrected chi connectivity index (χ1v) is 8.11.